The van der Waals surface area contributed by atoms with Gasteiger partial charge in [0.15, 0.2) is 0 Å². The van der Waals surface area contributed by atoms with Gasteiger partial charge in [-0.3, -0.25) is 9.36 Å². The smallest absolute Gasteiger partial charge is 0.268 e. The van der Waals surface area contributed by atoms with Crippen LogP contribution in [0, 0.1) is 0 Å². The number of fused-ring (bicyclic) bond motifs is 1. The summed E-state index contributed by atoms with van der Waals surface area (Å²) in [5, 5.41) is 0.277. The lowest BCUT2D eigenvalue weighted by atomic mass is 10.0. The van der Waals surface area contributed by atoms with E-state index in [1.54, 1.807) is 30.3 Å². The van der Waals surface area contributed by atoms with Crippen molar-refractivity contribution in [2.45, 2.75) is 25.4 Å². The molecule has 134 valence electrons. The van der Waals surface area contributed by atoms with E-state index in [2.05, 4.69) is 11.6 Å². The van der Waals surface area contributed by atoms with Crippen LogP contribution in [0.1, 0.15) is 30.7 Å². The van der Waals surface area contributed by atoms with Crippen molar-refractivity contribution < 1.29 is 13.2 Å². The van der Waals surface area contributed by atoms with Crippen LogP contribution in [0.4, 0.5) is 13.2 Å². The van der Waals surface area contributed by atoms with Gasteiger partial charge in [-0.15, -0.1) is 6.58 Å². The Hall–Kier alpha value is -2.89. The molecule has 0 saturated carbocycles. The normalized spacial score (nSPS) is 12.9. The lowest BCUT2D eigenvalue weighted by Gasteiger charge is -2.20. The monoisotopic (exact) mass is 358 g/mol. The van der Waals surface area contributed by atoms with Crippen LogP contribution in [-0.2, 0) is 6.18 Å². The molecule has 0 aliphatic rings. The van der Waals surface area contributed by atoms with Crippen molar-refractivity contribution in [1.29, 1.82) is 0 Å². The molecule has 0 bridgehead atoms. The highest BCUT2D eigenvalue weighted by Crippen LogP contribution is 2.34. The summed E-state index contributed by atoms with van der Waals surface area (Å²) in [6.45, 7) is 5.49. The fourth-order valence-electron chi connectivity index (χ4n) is 2.98. The summed E-state index contributed by atoms with van der Waals surface area (Å²) in [6, 6.07) is 11.7. The Kier molecular flexibility index (Phi) is 4.68. The molecule has 0 saturated heterocycles. The largest absolute Gasteiger partial charge is 0.418 e. The maximum Gasteiger partial charge on any atom is 0.418 e. The Labute approximate surface area is 148 Å². The summed E-state index contributed by atoms with van der Waals surface area (Å²) in [4.78, 5) is 17.6. The van der Waals surface area contributed by atoms with Gasteiger partial charge < -0.3 is 0 Å². The Bertz CT molecular complexity index is 1020. The van der Waals surface area contributed by atoms with Crippen molar-refractivity contribution in [3.05, 3.63) is 82.9 Å². The van der Waals surface area contributed by atoms with Gasteiger partial charge in [0, 0.05) is 5.92 Å². The Morgan fingerprint density at radius 1 is 1.15 bits per heavy atom. The zero-order chi connectivity index (χ0) is 18.9. The number of alkyl halides is 3. The van der Waals surface area contributed by atoms with Crippen LogP contribution < -0.4 is 5.56 Å². The number of hydrogen-bond donors (Lipinski definition) is 0. The number of para-hydroxylation sites is 2. The summed E-state index contributed by atoms with van der Waals surface area (Å²) in [6.07, 6.45) is -2.44. The average molecular weight is 358 g/mol. The molecule has 0 unspecified atom stereocenters. The summed E-state index contributed by atoms with van der Waals surface area (Å²) in [7, 11) is 0. The summed E-state index contributed by atoms with van der Waals surface area (Å²) >= 11 is 0. The second-order valence-electron chi connectivity index (χ2n) is 6.07. The predicted octanol–water partition coefficient (Wildman–Crippen LogP) is 5.08. The van der Waals surface area contributed by atoms with Crippen LogP contribution in [0.3, 0.4) is 0 Å². The first-order chi connectivity index (χ1) is 12.3. The van der Waals surface area contributed by atoms with E-state index < -0.39 is 17.3 Å². The molecule has 3 nitrogen and oxygen atoms in total. The number of allylic oxidation sites excluding steroid dienone is 1. The van der Waals surface area contributed by atoms with Crippen molar-refractivity contribution in [1.82, 2.24) is 9.55 Å². The second-order valence-corrected chi connectivity index (χ2v) is 6.07. The van der Waals surface area contributed by atoms with Gasteiger partial charge in [-0.2, -0.15) is 13.2 Å². The fourth-order valence-corrected chi connectivity index (χ4v) is 2.98. The van der Waals surface area contributed by atoms with E-state index in [0.717, 1.165) is 10.6 Å². The number of nitrogens with zero attached hydrogens (tertiary/aromatic N) is 2. The highest BCUT2D eigenvalue weighted by atomic mass is 19.4. The van der Waals surface area contributed by atoms with Crippen molar-refractivity contribution in [3.8, 4) is 5.69 Å². The van der Waals surface area contributed by atoms with Crippen molar-refractivity contribution >= 4 is 10.9 Å². The van der Waals surface area contributed by atoms with Gasteiger partial charge in [0.2, 0.25) is 0 Å². The third-order valence-electron chi connectivity index (χ3n) is 4.21. The van der Waals surface area contributed by atoms with Gasteiger partial charge in [0.1, 0.15) is 5.82 Å². The highest BCUT2D eigenvalue weighted by molar-refractivity contribution is 5.78. The molecule has 1 heterocycles. The van der Waals surface area contributed by atoms with Gasteiger partial charge in [-0.25, -0.2) is 4.98 Å². The topological polar surface area (TPSA) is 34.9 Å². The lowest BCUT2D eigenvalue weighted by molar-refractivity contribution is -0.137. The lowest BCUT2D eigenvalue weighted by Crippen LogP contribution is -2.27. The van der Waals surface area contributed by atoms with Gasteiger partial charge in [0.25, 0.3) is 5.56 Å². The third kappa shape index (κ3) is 3.14. The van der Waals surface area contributed by atoms with Crippen LogP contribution in [0.5, 0.6) is 0 Å². The standard InChI is InChI=1S/C20H17F3N2O/c1-3-8-13(2)18-24-16-11-6-4-9-14(16)19(26)25(18)17-12-7-5-10-15(17)20(21,22)23/h3-7,9-13H,1,8H2,2H3/t13-/m0/s1. The zero-order valence-electron chi connectivity index (χ0n) is 14.1. The third-order valence-corrected chi connectivity index (χ3v) is 4.21. The summed E-state index contributed by atoms with van der Waals surface area (Å²) in [5.74, 6) is 0.0106. The van der Waals surface area contributed by atoms with Crippen LogP contribution in [0.25, 0.3) is 16.6 Å². The molecular formula is C20H17F3N2O. The molecule has 1 atom stereocenters. The molecule has 0 spiro atoms. The van der Waals surface area contributed by atoms with Gasteiger partial charge in [-0.1, -0.05) is 37.3 Å². The molecule has 26 heavy (non-hydrogen) atoms. The van der Waals surface area contributed by atoms with E-state index in [9.17, 15) is 18.0 Å². The quantitative estimate of drug-likeness (QED) is 0.609. The van der Waals surface area contributed by atoms with E-state index in [1.807, 2.05) is 6.92 Å². The van der Waals surface area contributed by atoms with Crippen LogP contribution >= 0.6 is 0 Å². The first-order valence-corrected chi connectivity index (χ1v) is 8.13. The minimum absolute atomic E-state index is 0.214. The molecule has 0 amide bonds. The number of halogens is 3. The van der Waals surface area contributed by atoms with Crippen LogP contribution in [-0.4, -0.2) is 9.55 Å². The Balaban J connectivity index is 2.42. The number of hydrogen-bond acceptors (Lipinski definition) is 2. The Morgan fingerprint density at radius 2 is 1.81 bits per heavy atom. The van der Waals surface area contributed by atoms with Gasteiger partial charge in [0.05, 0.1) is 22.2 Å². The Morgan fingerprint density at radius 3 is 2.50 bits per heavy atom. The van der Waals surface area contributed by atoms with Crippen LogP contribution in [0.15, 0.2) is 66.0 Å². The van der Waals surface area contributed by atoms with E-state index in [-0.39, 0.29) is 22.8 Å². The van der Waals surface area contributed by atoms with Gasteiger partial charge >= 0.3 is 6.18 Å². The first-order valence-electron chi connectivity index (χ1n) is 8.13. The summed E-state index contributed by atoms with van der Waals surface area (Å²) in [5.41, 5.74) is -1.14. The number of aromatic nitrogens is 2. The van der Waals surface area contributed by atoms with E-state index >= 15 is 0 Å². The second kappa shape index (κ2) is 6.78. The summed E-state index contributed by atoms with van der Waals surface area (Å²) < 4.78 is 41.6. The predicted molar refractivity (Wildman–Crippen MR) is 95.6 cm³/mol. The SMILES string of the molecule is C=CC[C@H](C)c1nc2ccccc2c(=O)n1-c1ccccc1C(F)(F)F. The maximum atomic E-state index is 13.5. The molecule has 6 heteroatoms. The van der Waals surface area contributed by atoms with Gasteiger partial charge in [-0.05, 0) is 30.7 Å². The molecule has 1 aromatic heterocycles. The molecule has 0 fully saturated rings. The zero-order valence-corrected chi connectivity index (χ0v) is 14.1. The molecular weight excluding hydrogens is 341 g/mol. The average Bonchev–Trinajstić information content (AvgIpc) is 2.61. The van der Waals surface area contributed by atoms with E-state index in [0.29, 0.717) is 11.9 Å². The molecule has 0 N–H and O–H groups in total. The van der Waals surface area contributed by atoms with E-state index in [4.69, 9.17) is 0 Å². The molecule has 3 rings (SSSR count). The molecule has 2 aromatic carbocycles. The van der Waals surface area contributed by atoms with Crippen molar-refractivity contribution in [3.63, 3.8) is 0 Å². The molecule has 0 radical (unpaired) electrons. The molecule has 0 aliphatic carbocycles. The fraction of sp³-hybridized carbons (Fsp3) is 0.200. The number of rotatable bonds is 4. The molecule has 0 aliphatic heterocycles. The first kappa shape index (κ1) is 17.9. The minimum Gasteiger partial charge on any atom is -0.268 e. The maximum absolute atomic E-state index is 13.5. The highest BCUT2D eigenvalue weighted by Gasteiger charge is 2.34. The van der Waals surface area contributed by atoms with E-state index in [1.165, 1.54) is 18.2 Å². The van der Waals surface area contributed by atoms with Crippen molar-refractivity contribution in [2.24, 2.45) is 0 Å². The molecule has 3 aromatic rings. The minimum atomic E-state index is -4.58. The van der Waals surface area contributed by atoms with Crippen LogP contribution in [0.2, 0.25) is 0 Å². The number of benzene rings is 2. The van der Waals surface area contributed by atoms with Crippen molar-refractivity contribution in [2.75, 3.05) is 0 Å².